The van der Waals surface area contributed by atoms with Crippen molar-refractivity contribution in [3.63, 3.8) is 0 Å². The number of hydrogen-bond donors (Lipinski definition) is 1. The SMILES string of the molecule is CN(C)CCn1c(=O)oc2ccc(NC(=O)CSCc3cc(=O)n4ccsc4n3)cc21. The highest BCUT2D eigenvalue weighted by molar-refractivity contribution is 7.99. The molecule has 0 unspecified atom stereocenters. The Bertz CT molecular complexity index is 1350. The Labute approximate surface area is 185 Å². The molecule has 0 aliphatic rings. The number of nitrogens with one attached hydrogen (secondary N) is 1. The van der Waals surface area contributed by atoms with Crippen molar-refractivity contribution in [1.29, 1.82) is 0 Å². The Balaban J connectivity index is 1.39. The van der Waals surface area contributed by atoms with Gasteiger partial charge in [-0.1, -0.05) is 0 Å². The van der Waals surface area contributed by atoms with Crippen LogP contribution in [0.2, 0.25) is 0 Å². The lowest BCUT2D eigenvalue weighted by Crippen LogP contribution is -2.23. The molecule has 1 amide bonds. The summed E-state index contributed by atoms with van der Waals surface area (Å²) in [6.07, 6.45) is 1.69. The van der Waals surface area contributed by atoms with E-state index in [2.05, 4.69) is 10.3 Å². The molecule has 9 nitrogen and oxygen atoms in total. The summed E-state index contributed by atoms with van der Waals surface area (Å²) in [6.45, 7) is 1.18. The quantitative estimate of drug-likeness (QED) is 0.430. The number of anilines is 1. The van der Waals surface area contributed by atoms with Crippen molar-refractivity contribution >= 4 is 50.8 Å². The van der Waals surface area contributed by atoms with Crippen molar-refractivity contribution < 1.29 is 9.21 Å². The fourth-order valence-electron chi connectivity index (χ4n) is 3.06. The van der Waals surface area contributed by atoms with Crippen molar-refractivity contribution in [3.8, 4) is 0 Å². The molecule has 31 heavy (non-hydrogen) atoms. The maximum absolute atomic E-state index is 12.4. The van der Waals surface area contributed by atoms with Gasteiger partial charge in [-0.3, -0.25) is 18.6 Å². The largest absolute Gasteiger partial charge is 0.419 e. The van der Waals surface area contributed by atoms with Gasteiger partial charge in [-0.05, 0) is 32.3 Å². The summed E-state index contributed by atoms with van der Waals surface area (Å²) in [7, 11) is 3.86. The number of thioether (sulfide) groups is 1. The van der Waals surface area contributed by atoms with E-state index in [0.29, 0.717) is 46.3 Å². The van der Waals surface area contributed by atoms with Gasteiger partial charge in [0, 0.05) is 42.2 Å². The lowest BCUT2D eigenvalue weighted by molar-refractivity contribution is -0.113. The van der Waals surface area contributed by atoms with E-state index in [-0.39, 0.29) is 17.2 Å². The molecule has 1 aromatic carbocycles. The van der Waals surface area contributed by atoms with Crippen LogP contribution in [0.3, 0.4) is 0 Å². The summed E-state index contributed by atoms with van der Waals surface area (Å²) in [5.74, 6) is 0.0792. The van der Waals surface area contributed by atoms with Crippen molar-refractivity contribution in [2.24, 2.45) is 0 Å². The number of fused-ring (bicyclic) bond motifs is 2. The number of carbonyl (C=O) groups excluding carboxylic acids is 1. The fraction of sp³-hybridized carbons (Fsp3) is 0.300. The number of hydrogen-bond acceptors (Lipinski definition) is 8. The average Bonchev–Trinajstić information content (AvgIpc) is 3.30. The van der Waals surface area contributed by atoms with Crippen LogP contribution in [0.1, 0.15) is 5.69 Å². The molecule has 0 bridgehead atoms. The lowest BCUT2D eigenvalue weighted by Gasteiger charge is -2.10. The first-order valence-corrected chi connectivity index (χ1v) is 11.6. The van der Waals surface area contributed by atoms with E-state index in [9.17, 15) is 14.4 Å². The average molecular weight is 460 g/mol. The number of oxazole rings is 1. The standard InChI is InChI=1S/C20H21N5O4S2/c1-23(2)5-6-24-15-9-13(3-4-16(15)29-20(24)28)21-17(26)12-30-11-14-10-18(27)25-7-8-31-19(25)22-14/h3-4,7-10H,5-6,11-12H2,1-2H3,(H,21,26). The molecule has 0 aliphatic heterocycles. The summed E-state index contributed by atoms with van der Waals surface area (Å²) in [5, 5.41) is 4.66. The highest BCUT2D eigenvalue weighted by atomic mass is 32.2. The molecule has 4 rings (SSSR count). The zero-order valence-electron chi connectivity index (χ0n) is 17.0. The Morgan fingerprint density at radius 2 is 2.13 bits per heavy atom. The minimum Gasteiger partial charge on any atom is -0.408 e. The molecule has 0 aliphatic carbocycles. The van der Waals surface area contributed by atoms with Crippen LogP contribution in [-0.2, 0) is 17.1 Å². The number of amides is 1. The summed E-state index contributed by atoms with van der Waals surface area (Å²) >= 11 is 2.77. The molecule has 1 N–H and O–H groups in total. The van der Waals surface area contributed by atoms with Gasteiger partial charge in [-0.25, -0.2) is 9.78 Å². The minimum absolute atomic E-state index is 0.125. The second-order valence-electron chi connectivity index (χ2n) is 7.19. The molecule has 0 radical (unpaired) electrons. The van der Waals surface area contributed by atoms with Gasteiger partial charge in [-0.15, -0.1) is 23.1 Å². The smallest absolute Gasteiger partial charge is 0.408 e. The molecule has 162 valence electrons. The van der Waals surface area contributed by atoms with E-state index in [4.69, 9.17) is 4.42 Å². The first-order chi connectivity index (χ1) is 14.9. The van der Waals surface area contributed by atoms with Crippen LogP contribution in [-0.4, -0.2) is 51.2 Å². The third-order valence-electron chi connectivity index (χ3n) is 4.56. The molecule has 0 saturated carbocycles. The van der Waals surface area contributed by atoms with Crippen molar-refractivity contribution in [1.82, 2.24) is 18.9 Å². The van der Waals surface area contributed by atoms with Gasteiger partial charge < -0.3 is 14.6 Å². The predicted molar refractivity (Wildman–Crippen MR) is 123 cm³/mol. The van der Waals surface area contributed by atoms with Gasteiger partial charge >= 0.3 is 5.76 Å². The zero-order valence-corrected chi connectivity index (χ0v) is 18.7. The summed E-state index contributed by atoms with van der Waals surface area (Å²) in [4.78, 5) is 43.6. The number of rotatable bonds is 8. The van der Waals surface area contributed by atoms with Crippen LogP contribution in [0.5, 0.6) is 0 Å². The minimum atomic E-state index is -0.415. The highest BCUT2D eigenvalue weighted by Crippen LogP contribution is 2.19. The van der Waals surface area contributed by atoms with Crippen molar-refractivity contribution in [2.45, 2.75) is 12.3 Å². The maximum Gasteiger partial charge on any atom is 0.419 e. The molecule has 4 aromatic rings. The van der Waals surface area contributed by atoms with Gasteiger partial charge in [0.25, 0.3) is 5.56 Å². The molecule has 3 aromatic heterocycles. The summed E-state index contributed by atoms with van der Waals surface area (Å²) < 4.78 is 8.33. The van der Waals surface area contributed by atoms with E-state index in [1.165, 1.54) is 33.6 Å². The van der Waals surface area contributed by atoms with Crippen LogP contribution in [0, 0.1) is 0 Å². The molecular formula is C20H21N5O4S2. The fourth-order valence-corrected chi connectivity index (χ4v) is 4.51. The number of benzene rings is 1. The maximum atomic E-state index is 12.4. The first-order valence-electron chi connectivity index (χ1n) is 9.52. The number of thiazole rings is 1. The Morgan fingerprint density at radius 3 is 2.94 bits per heavy atom. The topological polar surface area (TPSA) is 102 Å². The zero-order chi connectivity index (χ0) is 22.0. The van der Waals surface area contributed by atoms with Crippen molar-refractivity contribution in [2.75, 3.05) is 31.7 Å². The van der Waals surface area contributed by atoms with Crippen LogP contribution in [0.15, 0.2) is 49.8 Å². The van der Waals surface area contributed by atoms with Gasteiger partial charge in [0.05, 0.1) is 17.0 Å². The number of carbonyl (C=O) groups is 1. The second kappa shape index (κ2) is 9.08. The molecule has 0 atom stereocenters. The number of nitrogens with zero attached hydrogens (tertiary/aromatic N) is 4. The second-order valence-corrected chi connectivity index (χ2v) is 9.05. The van der Waals surface area contributed by atoms with Crippen LogP contribution in [0.25, 0.3) is 16.1 Å². The lowest BCUT2D eigenvalue weighted by atomic mass is 10.2. The van der Waals surface area contributed by atoms with Gasteiger partial charge in [0.1, 0.15) is 0 Å². The third kappa shape index (κ3) is 4.89. The Morgan fingerprint density at radius 1 is 1.29 bits per heavy atom. The molecule has 0 saturated heterocycles. The monoisotopic (exact) mass is 459 g/mol. The normalized spacial score (nSPS) is 11.6. The van der Waals surface area contributed by atoms with Crippen LogP contribution in [0.4, 0.5) is 5.69 Å². The van der Waals surface area contributed by atoms with E-state index in [0.717, 1.165) is 0 Å². The Hall–Kier alpha value is -2.89. The van der Waals surface area contributed by atoms with E-state index in [1.54, 1.807) is 29.0 Å². The highest BCUT2D eigenvalue weighted by Gasteiger charge is 2.12. The van der Waals surface area contributed by atoms with Crippen LogP contribution < -0.4 is 16.6 Å². The van der Waals surface area contributed by atoms with E-state index < -0.39 is 5.76 Å². The van der Waals surface area contributed by atoms with E-state index >= 15 is 0 Å². The molecule has 11 heteroatoms. The first kappa shape index (κ1) is 21.3. The summed E-state index contributed by atoms with van der Waals surface area (Å²) in [6, 6.07) is 6.62. The molecule has 0 spiro atoms. The molecular weight excluding hydrogens is 438 g/mol. The van der Waals surface area contributed by atoms with Gasteiger partial charge in [0.2, 0.25) is 5.91 Å². The Kier molecular flexibility index (Phi) is 6.25. The van der Waals surface area contributed by atoms with Gasteiger partial charge in [-0.2, -0.15) is 0 Å². The van der Waals surface area contributed by atoms with Crippen molar-refractivity contribution in [3.05, 3.63) is 62.4 Å². The van der Waals surface area contributed by atoms with Crippen LogP contribution >= 0.6 is 23.1 Å². The van der Waals surface area contributed by atoms with Gasteiger partial charge in [0.15, 0.2) is 10.5 Å². The number of aromatic nitrogens is 3. The predicted octanol–water partition coefficient (Wildman–Crippen LogP) is 2.10. The number of likely N-dealkylation sites (N-methyl/N-ethyl adjacent to an activating group) is 1. The summed E-state index contributed by atoms with van der Waals surface area (Å²) in [5.41, 5.74) is 2.24. The molecule has 3 heterocycles. The van der Waals surface area contributed by atoms with E-state index in [1.807, 2.05) is 24.4 Å². The third-order valence-corrected chi connectivity index (χ3v) is 6.28. The molecule has 0 fully saturated rings.